The third-order valence-corrected chi connectivity index (χ3v) is 7.22. The van der Waals surface area contributed by atoms with Gasteiger partial charge in [0.15, 0.2) is 5.11 Å². The summed E-state index contributed by atoms with van der Waals surface area (Å²) in [6.45, 7) is 4.16. The number of pyridine rings is 1. The van der Waals surface area contributed by atoms with E-state index < -0.39 is 5.97 Å². The molecule has 1 aliphatic rings. The van der Waals surface area contributed by atoms with Crippen LogP contribution in [0.25, 0.3) is 5.69 Å². The average Bonchev–Trinajstić information content (AvgIpc) is 3.39. The largest absolute Gasteiger partial charge is 0.478 e. The highest BCUT2D eigenvalue weighted by molar-refractivity contribution is 7.80. The van der Waals surface area contributed by atoms with Crippen LogP contribution in [0.15, 0.2) is 79.0 Å². The third kappa shape index (κ3) is 4.44. The zero-order valence-electron chi connectivity index (χ0n) is 21.2. The van der Waals surface area contributed by atoms with Crippen LogP contribution in [0.4, 0.5) is 11.4 Å². The Hall–Kier alpha value is -4.17. The van der Waals surface area contributed by atoms with Gasteiger partial charge in [-0.3, -0.25) is 4.98 Å². The molecule has 0 spiro atoms. The lowest BCUT2D eigenvalue weighted by atomic mass is 9.96. The summed E-state index contributed by atoms with van der Waals surface area (Å²) in [6.07, 6.45) is 1.80. The minimum absolute atomic E-state index is 0.133. The number of nitrogens with zero attached hydrogens (tertiary/aromatic N) is 4. The molecule has 0 unspecified atom stereocenters. The van der Waals surface area contributed by atoms with Gasteiger partial charge >= 0.3 is 5.97 Å². The second-order valence-corrected chi connectivity index (χ2v) is 9.81. The van der Waals surface area contributed by atoms with Gasteiger partial charge in [0.2, 0.25) is 0 Å². The molecule has 2 N–H and O–H groups in total. The third-order valence-electron chi connectivity index (χ3n) is 6.90. The van der Waals surface area contributed by atoms with Crippen molar-refractivity contribution in [3.63, 3.8) is 0 Å². The number of benzene rings is 2. The number of thiocarbonyl (C=S) groups is 1. The topological polar surface area (TPSA) is 73.6 Å². The van der Waals surface area contributed by atoms with Gasteiger partial charge in [0.05, 0.1) is 23.3 Å². The fourth-order valence-electron chi connectivity index (χ4n) is 5.10. The molecule has 8 heteroatoms. The summed E-state index contributed by atoms with van der Waals surface area (Å²) in [5.74, 6) is -0.937. The number of aromatic nitrogens is 2. The molecule has 188 valence electrons. The molecule has 0 amide bonds. The van der Waals surface area contributed by atoms with Crippen molar-refractivity contribution in [1.82, 2.24) is 14.9 Å². The van der Waals surface area contributed by atoms with Gasteiger partial charge in [-0.2, -0.15) is 0 Å². The van der Waals surface area contributed by atoms with Crippen molar-refractivity contribution in [3.8, 4) is 5.69 Å². The van der Waals surface area contributed by atoms with Crippen LogP contribution in [0.3, 0.4) is 0 Å². The van der Waals surface area contributed by atoms with Crippen LogP contribution in [0.5, 0.6) is 0 Å². The standard InChI is InChI=1S/C29H29N5O2S/c1-18-17-24(19(2)33(18)22-10-8-20(9-11-22)28(35)36)27-26(25-7-5-6-16-30-25)31-29(37)34(27)23-14-12-21(13-15-23)32(3)4/h5-17,26-27H,1-4H3,(H,31,37)(H,35,36)/t26-,27-/m0/s1. The van der Waals surface area contributed by atoms with Crippen LogP contribution in [0, 0.1) is 13.8 Å². The van der Waals surface area contributed by atoms with E-state index in [1.807, 2.05) is 44.4 Å². The van der Waals surface area contributed by atoms with Gasteiger partial charge in [0.25, 0.3) is 0 Å². The molecule has 3 heterocycles. The Labute approximate surface area is 222 Å². The summed E-state index contributed by atoms with van der Waals surface area (Å²) in [5.41, 5.74) is 7.45. The minimum atomic E-state index is -0.937. The van der Waals surface area contributed by atoms with E-state index in [-0.39, 0.29) is 17.6 Å². The summed E-state index contributed by atoms with van der Waals surface area (Å²) < 4.78 is 2.16. The van der Waals surface area contributed by atoms with Crippen LogP contribution < -0.4 is 15.1 Å². The molecule has 0 bridgehead atoms. The van der Waals surface area contributed by atoms with E-state index in [0.717, 1.165) is 39.7 Å². The Bertz CT molecular complexity index is 1450. The van der Waals surface area contributed by atoms with E-state index in [1.165, 1.54) is 0 Å². The monoisotopic (exact) mass is 511 g/mol. The van der Waals surface area contributed by atoms with E-state index in [2.05, 4.69) is 68.8 Å². The highest BCUT2D eigenvalue weighted by Crippen LogP contribution is 2.44. The number of carboxylic acids is 1. The van der Waals surface area contributed by atoms with Crippen LogP contribution in [-0.4, -0.2) is 39.8 Å². The van der Waals surface area contributed by atoms with E-state index in [9.17, 15) is 9.90 Å². The Morgan fingerprint density at radius 1 is 1.00 bits per heavy atom. The molecule has 1 fully saturated rings. The van der Waals surface area contributed by atoms with Gasteiger partial charge in [0.1, 0.15) is 0 Å². The zero-order chi connectivity index (χ0) is 26.3. The van der Waals surface area contributed by atoms with Crippen LogP contribution in [0.1, 0.15) is 45.1 Å². The van der Waals surface area contributed by atoms with E-state index >= 15 is 0 Å². The van der Waals surface area contributed by atoms with Crippen molar-refractivity contribution < 1.29 is 9.90 Å². The molecular weight excluding hydrogens is 482 g/mol. The van der Waals surface area contributed by atoms with Gasteiger partial charge in [-0.25, -0.2) is 4.79 Å². The first-order valence-corrected chi connectivity index (χ1v) is 12.5. The number of rotatable bonds is 6. The number of aromatic carboxylic acids is 1. The normalized spacial score (nSPS) is 17.1. The summed E-state index contributed by atoms with van der Waals surface area (Å²) >= 11 is 5.89. The van der Waals surface area contributed by atoms with Crippen LogP contribution in [-0.2, 0) is 0 Å². The first-order valence-electron chi connectivity index (χ1n) is 12.1. The van der Waals surface area contributed by atoms with Gasteiger partial charge in [-0.15, -0.1) is 0 Å². The maximum atomic E-state index is 11.4. The van der Waals surface area contributed by atoms with Gasteiger partial charge in [-0.05, 0) is 98.4 Å². The molecule has 0 radical (unpaired) electrons. The zero-order valence-corrected chi connectivity index (χ0v) is 22.0. The van der Waals surface area contributed by atoms with Gasteiger partial charge in [0, 0.05) is 48.7 Å². The van der Waals surface area contributed by atoms with Crippen LogP contribution in [0.2, 0.25) is 0 Å². The summed E-state index contributed by atoms with van der Waals surface area (Å²) in [6, 6.07) is 23.2. The van der Waals surface area contributed by atoms with Crippen molar-refractivity contribution in [2.75, 3.05) is 23.9 Å². The SMILES string of the molecule is Cc1cc([C@H]2[C@H](c3ccccn3)NC(=S)N2c2ccc(N(C)C)cc2)c(C)n1-c1ccc(C(=O)O)cc1. The molecule has 1 aliphatic heterocycles. The van der Waals surface area contributed by atoms with Gasteiger partial charge in [-0.1, -0.05) is 6.07 Å². The number of aryl methyl sites for hydroxylation is 1. The van der Waals surface area contributed by atoms with E-state index in [0.29, 0.717) is 5.11 Å². The number of hydrogen-bond donors (Lipinski definition) is 2. The summed E-state index contributed by atoms with van der Waals surface area (Å²) in [7, 11) is 4.05. The Kier molecular flexibility index (Phi) is 6.43. The Morgan fingerprint density at radius 3 is 2.27 bits per heavy atom. The molecule has 2 aromatic carbocycles. The van der Waals surface area contributed by atoms with Crippen molar-refractivity contribution in [3.05, 3.63) is 107 Å². The van der Waals surface area contributed by atoms with E-state index in [4.69, 9.17) is 12.2 Å². The summed E-state index contributed by atoms with van der Waals surface area (Å²) in [4.78, 5) is 20.3. The maximum Gasteiger partial charge on any atom is 0.335 e. The first kappa shape index (κ1) is 24.5. The molecule has 4 aromatic rings. The lowest BCUT2D eigenvalue weighted by molar-refractivity contribution is 0.0697. The fraction of sp³-hybridized carbons (Fsp3) is 0.207. The maximum absolute atomic E-state index is 11.4. The smallest absolute Gasteiger partial charge is 0.335 e. The quantitative estimate of drug-likeness (QED) is 0.334. The lowest BCUT2D eigenvalue weighted by Crippen LogP contribution is -2.29. The second kappa shape index (κ2) is 9.71. The number of nitrogens with one attached hydrogen (secondary N) is 1. The van der Waals surface area contributed by atoms with Crippen molar-refractivity contribution in [2.45, 2.75) is 25.9 Å². The fourth-order valence-corrected chi connectivity index (χ4v) is 5.44. The van der Waals surface area contributed by atoms with Crippen molar-refractivity contribution >= 4 is 34.7 Å². The lowest BCUT2D eigenvalue weighted by Gasteiger charge is -2.28. The van der Waals surface area contributed by atoms with E-state index in [1.54, 1.807) is 18.3 Å². The molecule has 37 heavy (non-hydrogen) atoms. The number of hydrogen-bond acceptors (Lipinski definition) is 4. The molecule has 5 rings (SSSR count). The Morgan fingerprint density at radius 2 is 1.68 bits per heavy atom. The summed E-state index contributed by atoms with van der Waals surface area (Å²) in [5, 5.41) is 13.5. The molecule has 2 atom stereocenters. The molecule has 2 aromatic heterocycles. The molecule has 7 nitrogen and oxygen atoms in total. The van der Waals surface area contributed by atoms with Crippen molar-refractivity contribution in [1.29, 1.82) is 0 Å². The minimum Gasteiger partial charge on any atom is -0.478 e. The molecule has 0 saturated carbocycles. The molecule has 0 aliphatic carbocycles. The predicted molar refractivity (Wildman–Crippen MR) is 151 cm³/mol. The average molecular weight is 512 g/mol. The van der Waals surface area contributed by atoms with Crippen molar-refractivity contribution in [2.24, 2.45) is 0 Å². The Balaban J connectivity index is 1.63. The van der Waals surface area contributed by atoms with Gasteiger partial charge < -0.3 is 24.8 Å². The number of carbonyl (C=O) groups is 1. The molecular formula is C29H29N5O2S. The van der Waals surface area contributed by atoms with Crippen LogP contribution >= 0.6 is 12.2 Å². The highest BCUT2D eigenvalue weighted by Gasteiger charge is 2.42. The number of carboxylic acid groups (broad SMARTS) is 1. The first-order chi connectivity index (χ1) is 17.8. The molecule has 1 saturated heterocycles. The number of anilines is 2. The predicted octanol–water partition coefficient (Wildman–Crippen LogP) is 5.43. The highest BCUT2D eigenvalue weighted by atomic mass is 32.1. The second-order valence-electron chi connectivity index (χ2n) is 9.42.